The molecule has 12 heavy (non-hydrogen) atoms. The third-order valence-electron chi connectivity index (χ3n) is 1.66. The third-order valence-corrected chi connectivity index (χ3v) is 2.66. The summed E-state index contributed by atoms with van der Waals surface area (Å²) in [6, 6.07) is 0. The van der Waals surface area contributed by atoms with Crippen molar-refractivity contribution in [1.82, 2.24) is 10.3 Å². The lowest BCUT2D eigenvalue weighted by Crippen LogP contribution is -2.20. The van der Waals surface area contributed by atoms with E-state index in [1.807, 2.05) is 12.4 Å². The smallest absolute Gasteiger partial charge is 0.0797 e. The first kappa shape index (κ1) is 9.64. The van der Waals surface area contributed by atoms with Crippen LogP contribution < -0.4 is 5.32 Å². The molecular formula is C8H14N2OS. The van der Waals surface area contributed by atoms with E-state index in [4.69, 9.17) is 5.11 Å². The number of aliphatic hydroxyl groups excluding tert-OH is 1. The number of aliphatic hydroxyl groups is 1. The van der Waals surface area contributed by atoms with Gasteiger partial charge >= 0.3 is 0 Å². The minimum atomic E-state index is 0.210. The second-order valence-corrected chi connectivity index (χ2v) is 3.52. The highest BCUT2D eigenvalue weighted by Crippen LogP contribution is 2.11. The van der Waals surface area contributed by atoms with E-state index in [1.165, 1.54) is 4.88 Å². The SMILES string of the molecule is Cc1ncsc1CCNCCO. The molecule has 0 fully saturated rings. The van der Waals surface area contributed by atoms with Crippen molar-refractivity contribution in [2.45, 2.75) is 13.3 Å². The summed E-state index contributed by atoms with van der Waals surface area (Å²) in [4.78, 5) is 5.49. The van der Waals surface area contributed by atoms with Gasteiger partial charge < -0.3 is 10.4 Å². The molecule has 0 radical (unpaired) electrons. The number of rotatable bonds is 5. The fourth-order valence-corrected chi connectivity index (χ4v) is 1.75. The molecule has 2 N–H and O–H groups in total. The molecule has 0 aromatic carbocycles. The molecule has 0 saturated heterocycles. The first-order valence-electron chi connectivity index (χ1n) is 4.05. The van der Waals surface area contributed by atoms with Crippen LogP contribution in [-0.4, -0.2) is 29.8 Å². The molecule has 0 aliphatic heterocycles. The van der Waals surface area contributed by atoms with Gasteiger partial charge in [0.25, 0.3) is 0 Å². The average molecular weight is 186 g/mol. The van der Waals surface area contributed by atoms with Crippen LogP contribution in [0.5, 0.6) is 0 Å². The van der Waals surface area contributed by atoms with Crippen molar-refractivity contribution >= 4 is 11.3 Å². The van der Waals surface area contributed by atoms with E-state index in [-0.39, 0.29) is 6.61 Å². The number of aromatic nitrogens is 1. The Balaban J connectivity index is 2.20. The standard InChI is InChI=1S/C8H14N2OS/c1-7-8(12-6-10-7)2-3-9-4-5-11/h6,9,11H,2-5H2,1H3. The Bertz CT molecular complexity index is 225. The van der Waals surface area contributed by atoms with E-state index in [2.05, 4.69) is 10.3 Å². The van der Waals surface area contributed by atoms with Gasteiger partial charge in [-0.05, 0) is 13.3 Å². The van der Waals surface area contributed by atoms with Gasteiger partial charge in [-0.3, -0.25) is 0 Å². The van der Waals surface area contributed by atoms with Crippen LogP contribution in [0.1, 0.15) is 10.6 Å². The quantitative estimate of drug-likeness (QED) is 0.661. The van der Waals surface area contributed by atoms with Gasteiger partial charge in [-0.15, -0.1) is 11.3 Å². The van der Waals surface area contributed by atoms with E-state index in [0.717, 1.165) is 18.7 Å². The second kappa shape index (κ2) is 5.24. The Morgan fingerprint density at radius 1 is 1.58 bits per heavy atom. The summed E-state index contributed by atoms with van der Waals surface area (Å²) in [5.74, 6) is 0. The van der Waals surface area contributed by atoms with Crippen LogP contribution in [-0.2, 0) is 6.42 Å². The molecule has 0 unspecified atom stereocenters. The summed E-state index contributed by atoms with van der Waals surface area (Å²) in [6.45, 7) is 3.83. The molecule has 1 heterocycles. The number of thiazole rings is 1. The molecule has 3 nitrogen and oxygen atoms in total. The molecule has 1 aromatic rings. The summed E-state index contributed by atoms with van der Waals surface area (Å²) in [6.07, 6.45) is 1.01. The highest BCUT2D eigenvalue weighted by Gasteiger charge is 1.99. The Labute approximate surface area is 76.5 Å². The maximum Gasteiger partial charge on any atom is 0.0797 e. The van der Waals surface area contributed by atoms with Gasteiger partial charge in [0, 0.05) is 18.0 Å². The fourth-order valence-electron chi connectivity index (χ4n) is 0.972. The molecule has 0 spiro atoms. The zero-order valence-corrected chi connectivity index (χ0v) is 8.02. The first-order valence-corrected chi connectivity index (χ1v) is 4.93. The molecule has 4 heteroatoms. The highest BCUT2D eigenvalue weighted by molar-refractivity contribution is 7.09. The Hall–Kier alpha value is -0.450. The van der Waals surface area contributed by atoms with Crippen LogP contribution in [0.15, 0.2) is 5.51 Å². The lowest BCUT2D eigenvalue weighted by molar-refractivity contribution is 0.293. The van der Waals surface area contributed by atoms with Crippen LogP contribution in [0.4, 0.5) is 0 Å². The van der Waals surface area contributed by atoms with Gasteiger partial charge in [0.15, 0.2) is 0 Å². The molecule has 0 atom stereocenters. The normalized spacial score (nSPS) is 10.5. The number of aryl methyl sites for hydroxylation is 1. The van der Waals surface area contributed by atoms with Gasteiger partial charge in [-0.2, -0.15) is 0 Å². The molecule has 1 aromatic heterocycles. The van der Waals surface area contributed by atoms with Crippen LogP contribution in [0.3, 0.4) is 0 Å². The average Bonchev–Trinajstić information content (AvgIpc) is 2.46. The van der Waals surface area contributed by atoms with Crippen LogP contribution in [0.2, 0.25) is 0 Å². The maximum atomic E-state index is 8.51. The van der Waals surface area contributed by atoms with Crippen molar-refractivity contribution in [3.05, 3.63) is 16.1 Å². The fraction of sp³-hybridized carbons (Fsp3) is 0.625. The van der Waals surface area contributed by atoms with Crippen molar-refractivity contribution in [2.75, 3.05) is 19.7 Å². The topological polar surface area (TPSA) is 45.2 Å². The minimum Gasteiger partial charge on any atom is -0.395 e. The Morgan fingerprint density at radius 3 is 3.00 bits per heavy atom. The van der Waals surface area contributed by atoms with Crippen molar-refractivity contribution in [3.63, 3.8) is 0 Å². The van der Waals surface area contributed by atoms with Crippen LogP contribution in [0, 0.1) is 6.92 Å². The lowest BCUT2D eigenvalue weighted by Gasteiger charge is -2.00. The molecule has 68 valence electrons. The van der Waals surface area contributed by atoms with E-state index < -0.39 is 0 Å². The van der Waals surface area contributed by atoms with Crippen molar-refractivity contribution in [2.24, 2.45) is 0 Å². The van der Waals surface area contributed by atoms with Gasteiger partial charge in [0.1, 0.15) is 0 Å². The van der Waals surface area contributed by atoms with Crippen LogP contribution in [0.25, 0.3) is 0 Å². The molecule has 0 bridgehead atoms. The van der Waals surface area contributed by atoms with Crippen molar-refractivity contribution < 1.29 is 5.11 Å². The number of nitrogens with zero attached hydrogens (tertiary/aromatic N) is 1. The largest absolute Gasteiger partial charge is 0.395 e. The van der Waals surface area contributed by atoms with E-state index in [9.17, 15) is 0 Å². The molecule has 0 aliphatic carbocycles. The van der Waals surface area contributed by atoms with E-state index in [0.29, 0.717) is 6.54 Å². The number of hydrogen-bond acceptors (Lipinski definition) is 4. The Morgan fingerprint density at radius 2 is 2.42 bits per heavy atom. The Kier molecular flexibility index (Phi) is 4.21. The summed E-state index contributed by atoms with van der Waals surface area (Å²) in [5.41, 5.74) is 3.00. The summed E-state index contributed by atoms with van der Waals surface area (Å²) in [5, 5.41) is 11.6. The zero-order chi connectivity index (χ0) is 8.81. The summed E-state index contributed by atoms with van der Waals surface area (Å²) < 4.78 is 0. The van der Waals surface area contributed by atoms with Gasteiger partial charge in [0.05, 0.1) is 17.8 Å². The van der Waals surface area contributed by atoms with Crippen LogP contribution >= 0.6 is 11.3 Å². The zero-order valence-electron chi connectivity index (χ0n) is 7.21. The maximum absolute atomic E-state index is 8.51. The summed E-state index contributed by atoms with van der Waals surface area (Å²) in [7, 11) is 0. The monoisotopic (exact) mass is 186 g/mol. The molecule has 0 saturated carbocycles. The second-order valence-electron chi connectivity index (χ2n) is 2.58. The molecule has 1 rings (SSSR count). The minimum absolute atomic E-state index is 0.210. The summed E-state index contributed by atoms with van der Waals surface area (Å²) >= 11 is 1.69. The molecular weight excluding hydrogens is 172 g/mol. The van der Waals surface area contributed by atoms with Crippen molar-refractivity contribution in [1.29, 1.82) is 0 Å². The number of hydrogen-bond donors (Lipinski definition) is 2. The van der Waals surface area contributed by atoms with Gasteiger partial charge in [-0.1, -0.05) is 0 Å². The van der Waals surface area contributed by atoms with E-state index in [1.54, 1.807) is 11.3 Å². The predicted molar refractivity (Wildman–Crippen MR) is 50.5 cm³/mol. The van der Waals surface area contributed by atoms with Gasteiger partial charge in [0.2, 0.25) is 0 Å². The molecule has 0 amide bonds. The highest BCUT2D eigenvalue weighted by atomic mass is 32.1. The van der Waals surface area contributed by atoms with Crippen molar-refractivity contribution in [3.8, 4) is 0 Å². The third kappa shape index (κ3) is 2.89. The molecule has 0 aliphatic rings. The number of nitrogens with one attached hydrogen (secondary N) is 1. The van der Waals surface area contributed by atoms with E-state index >= 15 is 0 Å². The first-order chi connectivity index (χ1) is 5.84. The predicted octanol–water partition coefficient (Wildman–Crippen LogP) is 0.576. The van der Waals surface area contributed by atoms with Gasteiger partial charge in [-0.25, -0.2) is 4.98 Å². The lowest BCUT2D eigenvalue weighted by atomic mass is 10.3.